The van der Waals surface area contributed by atoms with Crippen LogP contribution in [0.3, 0.4) is 0 Å². The van der Waals surface area contributed by atoms with Crippen LogP contribution in [-0.2, 0) is 9.47 Å². The van der Waals surface area contributed by atoms with Crippen molar-refractivity contribution in [3.05, 3.63) is 0 Å². The molecule has 0 unspecified atom stereocenters. The fourth-order valence-corrected chi connectivity index (χ4v) is 3.20. The van der Waals surface area contributed by atoms with Crippen LogP contribution in [0.2, 0.25) is 0 Å². The normalized spacial score (nSPS) is 26.0. The van der Waals surface area contributed by atoms with Crippen LogP contribution in [-0.4, -0.2) is 49.5 Å². The largest absolute Gasteiger partial charge is 0.379 e. The highest BCUT2D eigenvalue weighted by Crippen LogP contribution is 2.34. The Hall–Kier alpha value is -0.120. The molecular weight excluding hydrogens is 274 g/mol. The first-order valence-corrected chi connectivity index (χ1v) is 9.43. The standard InChI is InChI=1S/C19H39NO2/c1-6-12-20(13-7-15-21-17(2)3)14-16-22-19(5)10-8-18(4)9-11-19/h17-18H,6-16H2,1-5H3. The maximum atomic E-state index is 6.27. The van der Waals surface area contributed by atoms with Gasteiger partial charge in [-0.05, 0) is 71.8 Å². The van der Waals surface area contributed by atoms with Gasteiger partial charge in [-0.1, -0.05) is 13.8 Å². The third-order valence-electron chi connectivity index (χ3n) is 4.80. The summed E-state index contributed by atoms with van der Waals surface area (Å²) in [4.78, 5) is 2.53. The van der Waals surface area contributed by atoms with Gasteiger partial charge >= 0.3 is 0 Å². The maximum Gasteiger partial charge on any atom is 0.0655 e. The predicted octanol–water partition coefficient (Wildman–Crippen LogP) is 4.50. The molecule has 1 rings (SSSR count). The summed E-state index contributed by atoms with van der Waals surface area (Å²) in [6.45, 7) is 16.2. The lowest BCUT2D eigenvalue weighted by Crippen LogP contribution is -2.37. The summed E-state index contributed by atoms with van der Waals surface area (Å²) in [5, 5.41) is 0. The number of rotatable bonds is 11. The highest BCUT2D eigenvalue weighted by Gasteiger charge is 2.30. The molecule has 3 heteroatoms. The molecule has 22 heavy (non-hydrogen) atoms. The first-order chi connectivity index (χ1) is 10.4. The molecule has 1 saturated carbocycles. The third kappa shape index (κ3) is 8.50. The summed E-state index contributed by atoms with van der Waals surface area (Å²) in [6, 6.07) is 0. The van der Waals surface area contributed by atoms with Crippen LogP contribution in [0.5, 0.6) is 0 Å². The highest BCUT2D eigenvalue weighted by atomic mass is 16.5. The molecule has 1 aliphatic carbocycles. The molecule has 3 nitrogen and oxygen atoms in total. The van der Waals surface area contributed by atoms with Crippen molar-refractivity contribution in [2.45, 2.75) is 84.8 Å². The van der Waals surface area contributed by atoms with E-state index in [0.717, 1.165) is 38.6 Å². The van der Waals surface area contributed by atoms with Crippen LogP contribution in [0.4, 0.5) is 0 Å². The molecule has 0 atom stereocenters. The van der Waals surface area contributed by atoms with Crippen LogP contribution in [0.25, 0.3) is 0 Å². The van der Waals surface area contributed by atoms with E-state index in [0.29, 0.717) is 6.10 Å². The van der Waals surface area contributed by atoms with Crippen LogP contribution in [0.1, 0.15) is 73.1 Å². The Kier molecular flexibility index (Phi) is 9.62. The van der Waals surface area contributed by atoms with Crippen molar-refractivity contribution in [3.8, 4) is 0 Å². The Balaban J connectivity index is 2.20. The summed E-state index contributed by atoms with van der Waals surface area (Å²) in [5.41, 5.74) is 0.130. The fraction of sp³-hybridized carbons (Fsp3) is 1.00. The molecular formula is C19H39NO2. The zero-order valence-electron chi connectivity index (χ0n) is 15.7. The van der Waals surface area contributed by atoms with E-state index in [2.05, 4.69) is 39.5 Å². The maximum absolute atomic E-state index is 6.27. The first-order valence-electron chi connectivity index (χ1n) is 9.43. The molecule has 0 aromatic rings. The minimum Gasteiger partial charge on any atom is -0.379 e. The SMILES string of the molecule is CCCN(CCCOC(C)C)CCOC1(C)CCC(C)CC1. The van der Waals surface area contributed by atoms with Gasteiger partial charge in [-0.3, -0.25) is 0 Å². The van der Waals surface area contributed by atoms with Crippen molar-refractivity contribution < 1.29 is 9.47 Å². The topological polar surface area (TPSA) is 21.7 Å². The molecule has 0 heterocycles. The predicted molar refractivity (Wildman–Crippen MR) is 94.4 cm³/mol. The fourth-order valence-electron chi connectivity index (χ4n) is 3.20. The molecule has 0 N–H and O–H groups in total. The zero-order valence-corrected chi connectivity index (χ0v) is 15.7. The summed E-state index contributed by atoms with van der Waals surface area (Å²) >= 11 is 0. The number of hydrogen-bond acceptors (Lipinski definition) is 3. The van der Waals surface area contributed by atoms with Gasteiger partial charge in [-0.25, -0.2) is 0 Å². The van der Waals surface area contributed by atoms with Crippen LogP contribution in [0, 0.1) is 5.92 Å². The van der Waals surface area contributed by atoms with Crippen LogP contribution < -0.4 is 0 Å². The summed E-state index contributed by atoms with van der Waals surface area (Å²) < 4.78 is 11.9. The first kappa shape index (κ1) is 19.9. The molecule has 0 spiro atoms. The molecule has 132 valence electrons. The van der Waals surface area contributed by atoms with Crippen molar-refractivity contribution in [1.29, 1.82) is 0 Å². The minimum atomic E-state index is 0.130. The van der Waals surface area contributed by atoms with Gasteiger partial charge in [0.15, 0.2) is 0 Å². The van der Waals surface area contributed by atoms with Gasteiger partial charge in [0.2, 0.25) is 0 Å². The average molecular weight is 314 g/mol. The second-order valence-electron chi connectivity index (χ2n) is 7.60. The minimum absolute atomic E-state index is 0.130. The van der Waals surface area contributed by atoms with Crippen molar-refractivity contribution >= 4 is 0 Å². The van der Waals surface area contributed by atoms with E-state index < -0.39 is 0 Å². The van der Waals surface area contributed by atoms with Crippen molar-refractivity contribution in [2.75, 3.05) is 32.8 Å². The number of ether oxygens (including phenoxy) is 2. The molecule has 0 bridgehead atoms. The Morgan fingerprint density at radius 3 is 2.36 bits per heavy atom. The molecule has 0 amide bonds. The van der Waals surface area contributed by atoms with Crippen molar-refractivity contribution in [3.63, 3.8) is 0 Å². The van der Waals surface area contributed by atoms with E-state index in [9.17, 15) is 0 Å². The molecule has 0 aliphatic heterocycles. The summed E-state index contributed by atoms with van der Waals surface area (Å²) in [5.74, 6) is 0.884. The van der Waals surface area contributed by atoms with E-state index in [4.69, 9.17) is 9.47 Å². The quantitative estimate of drug-likeness (QED) is 0.524. The molecule has 0 radical (unpaired) electrons. The number of nitrogens with zero attached hydrogens (tertiary/aromatic N) is 1. The molecule has 1 fully saturated rings. The van der Waals surface area contributed by atoms with Crippen molar-refractivity contribution in [1.82, 2.24) is 4.90 Å². The third-order valence-corrected chi connectivity index (χ3v) is 4.80. The van der Waals surface area contributed by atoms with E-state index in [1.165, 1.54) is 38.6 Å². The lowest BCUT2D eigenvalue weighted by Gasteiger charge is -2.37. The smallest absolute Gasteiger partial charge is 0.0655 e. The molecule has 0 saturated heterocycles. The van der Waals surface area contributed by atoms with Crippen LogP contribution >= 0.6 is 0 Å². The average Bonchev–Trinajstić information content (AvgIpc) is 2.47. The van der Waals surface area contributed by atoms with Crippen LogP contribution in [0.15, 0.2) is 0 Å². The lowest BCUT2D eigenvalue weighted by molar-refractivity contribution is -0.0692. The van der Waals surface area contributed by atoms with Gasteiger partial charge in [-0.2, -0.15) is 0 Å². The van der Waals surface area contributed by atoms with E-state index >= 15 is 0 Å². The van der Waals surface area contributed by atoms with Gasteiger partial charge in [0, 0.05) is 19.7 Å². The molecule has 0 aromatic heterocycles. The Bertz CT molecular complexity index is 273. The van der Waals surface area contributed by atoms with Gasteiger partial charge in [0.1, 0.15) is 0 Å². The Morgan fingerprint density at radius 2 is 1.77 bits per heavy atom. The van der Waals surface area contributed by atoms with Gasteiger partial charge < -0.3 is 14.4 Å². The Labute approximate surface area is 138 Å². The van der Waals surface area contributed by atoms with Gasteiger partial charge in [0.05, 0.1) is 18.3 Å². The lowest BCUT2D eigenvalue weighted by atomic mass is 9.81. The second kappa shape index (κ2) is 10.6. The second-order valence-corrected chi connectivity index (χ2v) is 7.60. The van der Waals surface area contributed by atoms with E-state index in [1.807, 2.05) is 0 Å². The molecule has 0 aromatic carbocycles. The molecule has 1 aliphatic rings. The zero-order chi connectivity index (χ0) is 16.4. The van der Waals surface area contributed by atoms with E-state index in [-0.39, 0.29) is 5.60 Å². The Morgan fingerprint density at radius 1 is 1.09 bits per heavy atom. The van der Waals surface area contributed by atoms with E-state index in [1.54, 1.807) is 0 Å². The summed E-state index contributed by atoms with van der Waals surface area (Å²) in [7, 11) is 0. The number of hydrogen-bond donors (Lipinski definition) is 0. The van der Waals surface area contributed by atoms with Gasteiger partial charge in [-0.15, -0.1) is 0 Å². The highest BCUT2D eigenvalue weighted by molar-refractivity contribution is 4.82. The van der Waals surface area contributed by atoms with Gasteiger partial charge in [0.25, 0.3) is 0 Å². The monoisotopic (exact) mass is 313 g/mol. The van der Waals surface area contributed by atoms with Crippen molar-refractivity contribution in [2.24, 2.45) is 5.92 Å². The summed E-state index contributed by atoms with van der Waals surface area (Å²) in [6.07, 6.45) is 7.77.